The van der Waals surface area contributed by atoms with Crippen LogP contribution in [0.15, 0.2) is 51.6 Å². The van der Waals surface area contributed by atoms with Crippen LogP contribution in [0.3, 0.4) is 0 Å². The lowest BCUT2D eigenvalue weighted by atomic mass is 10.0. The molecule has 0 spiro atoms. The molecule has 10 nitrogen and oxygen atoms in total. The molecule has 1 N–H and O–H groups in total. The SMILES string of the molecule is CC(C)(O[Si](C)(C)C(C)(C)C)c1ncc(-c2cc(N[C@H](CC=N[S+]([O-])C(C)(C)C)c3c(Br)cccc3OC(F)F)c([N+](=O)[O-])cc2F)cn1. The third-order valence-corrected chi connectivity index (χ3v) is 14.8. The molecule has 0 bridgehead atoms. The summed E-state index contributed by atoms with van der Waals surface area (Å²) in [6, 6.07) is 5.43. The van der Waals surface area contributed by atoms with Crippen LogP contribution in [-0.4, -0.2) is 45.3 Å². The third kappa shape index (κ3) is 10.2. The van der Waals surface area contributed by atoms with Crippen molar-refractivity contribution in [2.45, 2.75) is 103 Å². The average Bonchev–Trinajstić information content (AvgIpc) is 2.95. The molecule has 1 unspecified atom stereocenters. The fraction of sp³-hybridized carbons (Fsp3) is 0.485. The minimum atomic E-state index is -3.16. The van der Waals surface area contributed by atoms with Gasteiger partial charge in [-0.2, -0.15) is 8.78 Å². The van der Waals surface area contributed by atoms with Gasteiger partial charge in [-0.05, 0) is 71.0 Å². The number of benzene rings is 2. The number of alkyl halides is 2. The topological polar surface area (TPSA) is 135 Å². The highest BCUT2D eigenvalue weighted by molar-refractivity contribution is 9.10. The zero-order chi connectivity index (χ0) is 37.1. The van der Waals surface area contributed by atoms with Crippen LogP contribution in [0.1, 0.15) is 79.2 Å². The molecule has 2 atom stereocenters. The number of halogens is 4. The summed E-state index contributed by atoms with van der Waals surface area (Å²) in [5, 5.41) is 15.1. The van der Waals surface area contributed by atoms with Gasteiger partial charge in [0.1, 0.15) is 39.0 Å². The molecular formula is C33H43BrF3N5O5SSi. The number of nitrogens with zero attached hydrogens (tertiary/aromatic N) is 4. The van der Waals surface area contributed by atoms with Crippen molar-refractivity contribution in [3.05, 3.63) is 74.5 Å². The van der Waals surface area contributed by atoms with Gasteiger partial charge in [-0.25, -0.2) is 14.4 Å². The maximum atomic E-state index is 15.5. The second kappa shape index (κ2) is 15.5. The first kappa shape index (κ1) is 40.4. The van der Waals surface area contributed by atoms with Crippen molar-refractivity contribution in [1.82, 2.24) is 9.97 Å². The summed E-state index contributed by atoms with van der Waals surface area (Å²) in [7, 11) is -2.21. The Morgan fingerprint density at radius 1 is 1.10 bits per heavy atom. The Hall–Kier alpha value is -3.05. The fourth-order valence-electron chi connectivity index (χ4n) is 4.53. The van der Waals surface area contributed by atoms with E-state index in [0.717, 1.165) is 6.07 Å². The second-order valence-electron chi connectivity index (χ2n) is 14.4. The molecule has 2 aromatic carbocycles. The Morgan fingerprint density at radius 2 is 1.71 bits per heavy atom. The first-order valence-corrected chi connectivity index (χ1v) is 20.2. The molecule has 0 saturated heterocycles. The summed E-state index contributed by atoms with van der Waals surface area (Å²) in [5.74, 6) is -0.718. The van der Waals surface area contributed by atoms with Gasteiger partial charge in [-0.3, -0.25) is 10.1 Å². The molecule has 1 aromatic heterocycles. The van der Waals surface area contributed by atoms with Gasteiger partial charge in [0, 0.05) is 40.0 Å². The van der Waals surface area contributed by atoms with E-state index in [9.17, 15) is 23.4 Å². The van der Waals surface area contributed by atoms with Crippen LogP contribution >= 0.6 is 15.9 Å². The number of rotatable bonds is 13. The minimum absolute atomic E-state index is 0.0415. The molecular weight excluding hydrogens is 743 g/mol. The van der Waals surface area contributed by atoms with E-state index in [1.54, 1.807) is 26.8 Å². The van der Waals surface area contributed by atoms with E-state index >= 15 is 4.39 Å². The molecule has 0 saturated carbocycles. The van der Waals surface area contributed by atoms with Crippen molar-refractivity contribution in [1.29, 1.82) is 0 Å². The van der Waals surface area contributed by atoms with Crippen LogP contribution in [0.4, 0.5) is 24.5 Å². The maximum absolute atomic E-state index is 15.5. The smallest absolute Gasteiger partial charge is 0.387 e. The van der Waals surface area contributed by atoms with Crippen LogP contribution in [0.2, 0.25) is 18.1 Å². The summed E-state index contributed by atoms with van der Waals surface area (Å²) >= 11 is 1.74. The van der Waals surface area contributed by atoms with Crippen molar-refractivity contribution >= 4 is 53.2 Å². The zero-order valence-electron chi connectivity index (χ0n) is 29.2. The van der Waals surface area contributed by atoms with E-state index in [2.05, 4.69) is 69.5 Å². The minimum Gasteiger partial charge on any atom is -0.591 e. The quantitative estimate of drug-likeness (QED) is 0.0595. The Kier molecular flexibility index (Phi) is 12.7. The van der Waals surface area contributed by atoms with Crippen LogP contribution in [-0.2, 0) is 21.4 Å². The largest absolute Gasteiger partial charge is 0.591 e. The Balaban J connectivity index is 2.11. The average molecular weight is 787 g/mol. The first-order chi connectivity index (χ1) is 22.4. The summed E-state index contributed by atoms with van der Waals surface area (Å²) < 4.78 is 70.1. The standard InChI is InChI=1S/C33H43BrF3N5O5SSi/c1-31(2,3)48(45)40-15-14-24(28-22(34)12-11-13-27(28)46-30(36)37)41-25-16-21(23(35)17-26(25)42(43)44)20-18-38-29(39-19-20)33(7,8)47-49(9,10)32(4,5)6/h11-13,15-19,24,30,41H,14H2,1-10H3/t24-,48?/m1/s1. The van der Waals surface area contributed by atoms with Gasteiger partial charge < -0.3 is 19.0 Å². The van der Waals surface area contributed by atoms with Crippen molar-refractivity contribution < 1.29 is 31.8 Å². The lowest BCUT2D eigenvalue weighted by Gasteiger charge is -2.42. The second-order valence-corrected chi connectivity index (χ2v) is 21.9. The molecule has 0 aliphatic heterocycles. The van der Waals surface area contributed by atoms with Gasteiger partial charge in [0.05, 0.1) is 23.2 Å². The van der Waals surface area contributed by atoms with Crippen molar-refractivity contribution in [3.63, 3.8) is 0 Å². The molecule has 0 aliphatic rings. The number of nitro groups is 1. The number of ether oxygens (including phenoxy) is 1. The van der Waals surface area contributed by atoms with Crippen molar-refractivity contribution in [2.24, 2.45) is 4.40 Å². The molecule has 3 aromatic rings. The highest BCUT2D eigenvalue weighted by Crippen LogP contribution is 2.42. The van der Waals surface area contributed by atoms with Crippen molar-refractivity contribution in [2.75, 3.05) is 5.32 Å². The number of aromatic nitrogens is 2. The highest BCUT2D eigenvalue weighted by atomic mass is 79.9. The molecule has 0 amide bonds. The van der Waals surface area contributed by atoms with E-state index in [-0.39, 0.29) is 39.6 Å². The van der Waals surface area contributed by atoms with Crippen LogP contribution in [0.25, 0.3) is 11.1 Å². The van der Waals surface area contributed by atoms with Crippen LogP contribution in [0, 0.1) is 15.9 Å². The van der Waals surface area contributed by atoms with E-state index in [4.69, 9.17) is 9.16 Å². The third-order valence-electron chi connectivity index (χ3n) is 8.04. The van der Waals surface area contributed by atoms with Gasteiger partial charge in [0.2, 0.25) is 0 Å². The van der Waals surface area contributed by atoms with Crippen LogP contribution < -0.4 is 10.1 Å². The van der Waals surface area contributed by atoms with Gasteiger partial charge >= 0.3 is 6.61 Å². The number of hydrogen-bond acceptors (Lipinski definition) is 9. The lowest BCUT2D eigenvalue weighted by molar-refractivity contribution is -0.384. The van der Waals surface area contributed by atoms with E-state index in [1.165, 1.54) is 36.8 Å². The fourth-order valence-corrected chi connectivity index (χ4v) is 7.37. The number of anilines is 1. The summed E-state index contributed by atoms with van der Waals surface area (Å²) in [4.78, 5) is 20.3. The number of nitrogens with one attached hydrogen (secondary N) is 1. The monoisotopic (exact) mass is 785 g/mol. The predicted octanol–water partition coefficient (Wildman–Crippen LogP) is 9.89. The van der Waals surface area contributed by atoms with Gasteiger partial charge in [0.15, 0.2) is 14.1 Å². The summed E-state index contributed by atoms with van der Waals surface area (Å²) in [6.07, 6.45) is 4.12. The van der Waals surface area contributed by atoms with E-state index in [0.29, 0.717) is 10.3 Å². The maximum Gasteiger partial charge on any atom is 0.387 e. The number of nitro benzene ring substituents is 1. The first-order valence-electron chi connectivity index (χ1n) is 15.4. The molecule has 3 rings (SSSR count). The van der Waals surface area contributed by atoms with E-state index < -0.39 is 59.1 Å². The Morgan fingerprint density at radius 3 is 2.24 bits per heavy atom. The van der Waals surface area contributed by atoms with Crippen LogP contribution in [0.5, 0.6) is 5.75 Å². The molecule has 0 fully saturated rings. The van der Waals surface area contributed by atoms with Gasteiger partial charge in [-0.1, -0.05) is 47.2 Å². The Bertz CT molecular complexity index is 1670. The Labute approximate surface area is 298 Å². The molecule has 1 heterocycles. The number of hydrogen-bond donors (Lipinski definition) is 1. The predicted molar refractivity (Wildman–Crippen MR) is 194 cm³/mol. The van der Waals surface area contributed by atoms with Gasteiger partial charge in [-0.15, -0.1) is 0 Å². The normalized spacial score (nSPS) is 14.3. The molecule has 0 radical (unpaired) electrons. The summed E-state index contributed by atoms with van der Waals surface area (Å²) in [6.45, 7) is 16.4. The molecule has 16 heteroatoms. The summed E-state index contributed by atoms with van der Waals surface area (Å²) in [5.41, 5.74) is -1.20. The zero-order valence-corrected chi connectivity index (χ0v) is 32.6. The lowest BCUT2D eigenvalue weighted by Crippen LogP contribution is -2.46. The van der Waals surface area contributed by atoms with Gasteiger partial charge in [0.25, 0.3) is 5.69 Å². The molecule has 0 aliphatic carbocycles. The highest BCUT2D eigenvalue weighted by Gasteiger charge is 2.43. The molecule has 49 heavy (non-hydrogen) atoms. The van der Waals surface area contributed by atoms with Crippen molar-refractivity contribution in [3.8, 4) is 16.9 Å². The molecule has 268 valence electrons. The van der Waals surface area contributed by atoms with E-state index in [1.807, 2.05) is 13.8 Å².